The Morgan fingerprint density at radius 1 is 1.62 bits per heavy atom. The molecule has 1 aromatic rings. The van der Waals surface area contributed by atoms with Crippen LogP contribution in [-0.4, -0.2) is 16.4 Å². The van der Waals surface area contributed by atoms with E-state index in [1.165, 1.54) is 0 Å². The lowest BCUT2D eigenvalue weighted by Crippen LogP contribution is -1.96. The predicted molar refractivity (Wildman–Crippen MR) is 43.9 cm³/mol. The Kier molecular flexibility index (Phi) is 2.92. The number of halogens is 3. The molecular weight excluding hydrogens is 248 g/mol. The van der Waals surface area contributed by atoms with Crippen LogP contribution in [0.5, 0.6) is 5.75 Å². The predicted octanol–water partition coefficient (Wildman–Crippen LogP) is 2.30. The second-order valence-electron chi connectivity index (χ2n) is 2.18. The van der Waals surface area contributed by atoms with Crippen molar-refractivity contribution in [3.05, 3.63) is 21.9 Å². The summed E-state index contributed by atoms with van der Waals surface area (Å²) in [6, 6.07) is 1.01. The molecular formula is C7H4BrF2NO2. The van der Waals surface area contributed by atoms with Crippen LogP contribution in [0.1, 0.15) is 22.6 Å². The first kappa shape index (κ1) is 10.0. The van der Waals surface area contributed by atoms with E-state index in [2.05, 4.69) is 20.9 Å². The highest BCUT2D eigenvalue weighted by atomic mass is 79.9. The zero-order valence-electron chi connectivity index (χ0n) is 6.17. The van der Waals surface area contributed by atoms with E-state index in [-0.39, 0.29) is 10.2 Å². The highest BCUT2D eigenvalue weighted by Crippen LogP contribution is 2.29. The molecule has 0 aromatic carbocycles. The molecule has 1 heterocycles. The Hall–Kier alpha value is -1.04. The molecule has 0 atom stereocenters. The monoisotopic (exact) mass is 251 g/mol. The number of aromatic nitrogens is 1. The molecule has 0 amide bonds. The van der Waals surface area contributed by atoms with Gasteiger partial charge in [-0.25, -0.2) is 13.8 Å². The van der Waals surface area contributed by atoms with Crippen LogP contribution >= 0.6 is 15.9 Å². The zero-order chi connectivity index (χ0) is 10.0. The third-order valence-electron chi connectivity index (χ3n) is 1.33. The van der Waals surface area contributed by atoms with Gasteiger partial charge in [-0.1, -0.05) is 0 Å². The van der Waals surface area contributed by atoms with Gasteiger partial charge in [0.2, 0.25) is 0 Å². The number of carbonyl (C=O) groups is 1. The number of carbonyl (C=O) groups excluding carboxylic acids is 1. The molecule has 0 fully saturated rings. The van der Waals surface area contributed by atoms with Gasteiger partial charge in [0.1, 0.15) is 17.1 Å². The van der Waals surface area contributed by atoms with Crippen LogP contribution in [0.2, 0.25) is 0 Å². The van der Waals surface area contributed by atoms with Crippen LogP contribution < -0.4 is 0 Å². The number of hydrogen-bond donors (Lipinski definition) is 1. The molecule has 6 heteroatoms. The maximum absolute atomic E-state index is 12.1. The molecule has 70 valence electrons. The van der Waals surface area contributed by atoms with Crippen molar-refractivity contribution < 1.29 is 18.7 Å². The fraction of sp³-hybridized carbons (Fsp3) is 0.143. The average Bonchev–Trinajstić information content (AvgIpc) is 2.03. The van der Waals surface area contributed by atoms with E-state index in [9.17, 15) is 13.6 Å². The normalized spacial score (nSPS) is 10.5. The van der Waals surface area contributed by atoms with E-state index in [1.54, 1.807) is 0 Å². The Labute approximate surface area is 80.5 Å². The minimum Gasteiger partial charge on any atom is -0.506 e. The summed E-state index contributed by atoms with van der Waals surface area (Å²) in [5, 5.41) is 8.99. The minimum absolute atomic E-state index is 0.159. The fourth-order valence-electron chi connectivity index (χ4n) is 0.752. The van der Waals surface area contributed by atoms with Crippen LogP contribution in [0.4, 0.5) is 8.78 Å². The van der Waals surface area contributed by atoms with E-state index in [0.29, 0.717) is 6.29 Å². The van der Waals surface area contributed by atoms with Crippen molar-refractivity contribution in [2.75, 3.05) is 0 Å². The summed E-state index contributed by atoms with van der Waals surface area (Å²) in [6.45, 7) is 0. The smallest absolute Gasteiger partial charge is 0.284 e. The number of rotatable bonds is 2. The van der Waals surface area contributed by atoms with Gasteiger partial charge in [0.05, 0.1) is 4.47 Å². The SMILES string of the molecule is O=Cc1nc(C(F)F)c(O)cc1Br. The largest absolute Gasteiger partial charge is 0.506 e. The topological polar surface area (TPSA) is 50.2 Å². The van der Waals surface area contributed by atoms with E-state index in [0.717, 1.165) is 6.07 Å². The van der Waals surface area contributed by atoms with Gasteiger partial charge in [-0.05, 0) is 22.0 Å². The lowest BCUT2D eigenvalue weighted by atomic mass is 10.3. The van der Waals surface area contributed by atoms with Crippen LogP contribution in [0.15, 0.2) is 10.5 Å². The van der Waals surface area contributed by atoms with Gasteiger partial charge < -0.3 is 5.11 Å². The van der Waals surface area contributed by atoms with Crippen LogP contribution in [0.3, 0.4) is 0 Å². The summed E-state index contributed by atoms with van der Waals surface area (Å²) in [6.07, 6.45) is -2.57. The second-order valence-corrected chi connectivity index (χ2v) is 3.03. The average molecular weight is 252 g/mol. The van der Waals surface area contributed by atoms with E-state index in [4.69, 9.17) is 5.11 Å². The molecule has 0 unspecified atom stereocenters. The lowest BCUT2D eigenvalue weighted by molar-refractivity contribution is 0.111. The summed E-state index contributed by atoms with van der Waals surface area (Å²) in [4.78, 5) is 13.6. The minimum atomic E-state index is -2.90. The van der Waals surface area contributed by atoms with Gasteiger partial charge in [-0.3, -0.25) is 4.79 Å². The second kappa shape index (κ2) is 3.78. The highest BCUT2D eigenvalue weighted by Gasteiger charge is 2.17. The van der Waals surface area contributed by atoms with Gasteiger partial charge in [-0.2, -0.15) is 0 Å². The Morgan fingerprint density at radius 3 is 2.69 bits per heavy atom. The first-order chi connectivity index (χ1) is 6.06. The highest BCUT2D eigenvalue weighted by molar-refractivity contribution is 9.10. The van der Waals surface area contributed by atoms with Crippen LogP contribution in [0.25, 0.3) is 0 Å². The van der Waals surface area contributed by atoms with Crippen molar-refractivity contribution in [2.24, 2.45) is 0 Å². The number of aldehydes is 1. The molecule has 1 N–H and O–H groups in total. The van der Waals surface area contributed by atoms with E-state index in [1.807, 2.05) is 0 Å². The molecule has 0 saturated heterocycles. The summed E-state index contributed by atoms with van der Waals surface area (Å²) >= 11 is 2.89. The number of aromatic hydroxyl groups is 1. The summed E-state index contributed by atoms with van der Waals surface area (Å²) in [7, 11) is 0. The first-order valence-electron chi connectivity index (χ1n) is 3.19. The van der Waals surface area contributed by atoms with Gasteiger partial charge in [0.15, 0.2) is 6.29 Å². The van der Waals surface area contributed by atoms with Crippen LogP contribution in [-0.2, 0) is 0 Å². The van der Waals surface area contributed by atoms with Crippen molar-refractivity contribution in [1.29, 1.82) is 0 Å². The van der Waals surface area contributed by atoms with Gasteiger partial charge in [-0.15, -0.1) is 0 Å². The summed E-state index contributed by atoms with van der Waals surface area (Å²) in [5.41, 5.74) is -0.946. The third kappa shape index (κ3) is 2.00. The molecule has 0 saturated carbocycles. The molecule has 0 aliphatic heterocycles. The summed E-state index contributed by atoms with van der Waals surface area (Å²) in [5.74, 6) is -0.632. The lowest BCUT2D eigenvalue weighted by Gasteiger charge is -2.04. The Morgan fingerprint density at radius 2 is 2.23 bits per heavy atom. The van der Waals surface area contributed by atoms with Gasteiger partial charge in [0.25, 0.3) is 6.43 Å². The quantitative estimate of drug-likeness (QED) is 0.821. The maximum atomic E-state index is 12.1. The van der Waals surface area contributed by atoms with E-state index < -0.39 is 17.9 Å². The molecule has 3 nitrogen and oxygen atoms in total. The van der Waals surface area contributed by atoms with Crippen molar-refractivity contribution in [3.63, 3.8) is 0 Å². The standard InChI is InChI=1S/C7H4BrF2NO2/c8-3-1-5(13)6(7(9)10)11-4(3)2-12/h1-2,7,13H. The zero-order valence-corrected chi connectivity index (χ0v) is 7.75. The first-order valence-corrected chi connectivity index (χ1v) is 3.98. The molecule has 13 heavy (non-hydrogen) atoms. The van der Waals surface area contributed by atoms with Crippen LogP contribution in [0, 0.1) is 0 Å². The van der Waals surface area contributed by atoms with Gasteiger partial charge >= 0.3 is 0 Å². The number of nitrogens with zero attached hydrogens (tertiary/aromatic N) is 1. The molecule has 0 aliphatic rings. The summed E-state index contributed by atoms with van der Waals surface area (Å²) < 4.78 is 24.4. The molecule has 0 bridgehead atoms. The van der Waals surface area contributed by atoms with Crippen molar-refractivity contribution in [3.8, 4) is 5.75 Å². The van der Waals surface area contributed by atoms with Crippen molar-refractivity contribution >= 4 is 22.2 Å². The molecule has 0 aliphatic carbocycles. The van der Waals surface area contributed by atoms with Gasteiger partial charge in [0, 0.05) is 0 Å². The Bertz CT molecular complexity index is 344. The third-order valence-corrected chi connectivity index (χ3v) is 1.96. The molecule has 1 aromatic heterocycles. The number of pyridine rings is 1. The number of hydrogen-bond acceptors (Lipinski definition) is 3. The Balaban J connectivity index is 3.30. The maximum Gasteiger partial charge on any atom is 0.284 e. The molecule has 0 spiro atoms. The van der Waals surface area contributed by atoms with Crippen molar-refractivity contribution in [2.45, 2.75) is 6.43 Å². The van der Waals surface area contributed by atoms with E-state index >= 15 is 0 Å². The fourth-order valence-corrected chi connectivity index (χ4v) is 1.15. The molecule has 1 rings (SSSR count). The molecule has 0 radical (unpaired) electrons. The van der Waals surface area contributed by atoms with Crippen molar-refractivity contribution in [1.82, 2.24) is 4.98 Å². The number of alkyl halides is 2.